The Bertz CT molecular complexity index is 513. The Morgan fingerprint density at radius 1 is 1.36 bits per heavy atom. The van der Waals surface area contributed by atoms with Crippen LogP contribution in [0.25, 0.3) is 10.9 Å². The Hall–Kier alpha value is -1.48. The molecule has 70 valence electrons. The quantitative estimate of drug-likeness (QED) is 0.676. The van der Waals surface area contributed by atoms with Crippen LogP contribution in [0.5, 0.6) is 0 Å². The lowest BCUT2D eigenvalue weighted by molar-refractivity contribution is 0.111. The molecule has 1 aromatic heterocycles. The lowest BCUT2D eigenvalue weighted by Gasteiger charge is -2.00. The number of hydrogen-bond donors (Lipinski definition) is 0. The van der Waals surface area contributed by atoms with Crippen molar-refractivity contribution >= 4 is 28.8 Å². The van der Waals surface area contributed by atoms with Gasteiger partial charge in [0.25, 0.3) is 0 Å². The second kappa shape index (κ2) is 3.35. The van der Waals surface area contributed by atoms with Gasteiger partial charge in [0.1, 0.15) is 11.2 Å². The van der Waals surface area contributed by atoms with E-state index >= 15 is 0 Å². The minimum Gasteiger partial charge on any atom is -0.296 e. The van der Waals surface area contributed by atoms with Crippen molar-refractivity contribution in [3.63, 3.8) is 0 Å². The van der Waals surface area contributed by atoms with Crippen molar-refractivity contribution in [3.05, 3.63) is 40.8 Å². The maximum Gasteiger partial charge on any atom is 0.168 e. The van der Waals surface area contributed by atoms with Crippen LogP contribution < -0.4 is 0 Å². The largest absolute Gasteiger partial charge is 0.296 e. The number of benzene rings is 1. The monoisotopic (exact) mass is 209 g/mol. The fraction of sp³-hybridized carbons (Fsp3) is 0. The lowest BCUT2D eigenvalue weighted by atomic mass is 10.2. The molecule has 1 aromatic carbocycles. The van der Waals surface area contributed by atoms with E-state index in [4.69, 9.17) is 11.6 Å². The van der Waals surface area contributed by atoms with Crippen LogP contribution in [0, 0.1) is 5.82 Å². The highest BCUT2D eigenvalue weighted by molar-refractivity contribution is 6.31. The summed E-state index contributed by atoms with van der Waals surface area (Å²) in [5, 5.41) is 0.899. The first-order chi connectivity index (χ1) is 6.70. The van der Waals surface area contributed by atoms with Crippen LogP contribution in [0.15, 0.2) is 24.3 Å². The molecule has 4 heteroatoms. The normalized spacial score (nSPS) is 10.4. The van der Waals surface area contributed by atoms with Gasteiger partial charge < -0.3 is 0 Å². The predicted molar refractivity (Wildman–Crippen MR) is 52.1 cm³/mol. The van der Waals surface area contributed by atoms with Crippen LogP contribution in [-0.4, -0.2) is 11.3 Å². The van der Waals surface area contributed by atoms with Gasteiger partial charge in [-0.3, -0.25) is 4.79 Å². The number of nitrogens with zero attached hydrogens (tertiary/aromatic N) is 1. The number of aromatic nitrogens is 1. The number of pyridine rings is 1. The summed E-state index contributed by atoms with van der Waals surface area (Å²) in [4.78, 5) is 14.3. The van der Waals surface area contributed by atoms with E-state index in [1.807, 2.05) is 0 Å². The van der Waals surface area contributed by atoms with E-state index in [-0.39, 0.29) is 11.2 Å². The Balaban J connectivity index is 2.81. The molecule has 0 spiro atoms. The van der Waals surface area contributed by atoms with E-state index < -0.39 is 5.82 Å². The van der Waals surface area contributed by atoms with Crippen molar-refractivity contribution in [1.82, 2.24) is 4.98 Å². The van der Waals surface area contributed by atoms with Gasteiger partial charge in [0, 0.05) is 10.4 Å². The van der Waals surface area contributed by atoms with Crippen LogP contribution in [0.2, 0.25) is 5.02 Å². The van der Waals surface area contributed by atoms with Crippen LogP contribution in [0.1, 0.15) is 10.5 Å². The molecule has 14 heavy (non-hydrogen) atoms. The standard InChI is InChI=1S/C10H5ClFNO/c11-7-3-6-1-2-8(5-14)13-10(6)9(12)4-7/h1-5H. The van der Waals surface area contributed by atoms with Gasteiger partial charge >= 0.3 is 0 Å². The molecule has 0 N–H and O–H groups in total. The number of hydrogen-bond acceptors (Lipinski definition) is 2. The Labute approximate surface area is 84.3 Å². The van der Waals surface area contributed by atoms with Gasteiger partial charge in [-0.25, -0.2) is 9.37 Å². The topological polar surface area (TPSA) is 30.0 Å². The van der Waals surface area contributed by atoms with E-state index in [0.717, 1.165) is 0 Å². The molecule has 0 amide bonds. The number of carbonyl (C=O) groups is 1. The van der Waals surface area contributed by atoms with Crippen molar-refractivity contribution in [2.75, 3.05) is 0 Å². The Morgan fingerprint density at radius 3 is 2.86 bits per heavy atom. The lowest BCUT2D eigenvalue weighted by Crippen LogP contribution is -1.90. The van der Waals surface area contributed by atoms with Crippen molar-refractivity contribution in [2.24, 2.45) is 0 Å². The molecule has 2 nitrogen and oxygen atoms in total. The first-order valence-corrected chi connectivity index (χ1v) is 4.29. The zero-order chi connectivity index (χ0) is 10.1. The molecule has 0 atom stereocenters. The number of rotatable bonds is 1. The molecule has 0 radical (unpaired) electrons. The first-order valence-electron chi connectivity index (χ1n) is 3.91. The highest BCUT2D eigenvalue weighted by atomic mass is 35.5. The molecular formula is C10H5ClFNO. The third-order valence-electron chi connectivity index (χ3n) is 1.85. The van der Waals surface area contributed by atoms with Gasteiger partial charge in [-0.1, -0.05) is 17.7 Å². The zero-order valence-electron chi connectivity index (χ0n) is 7.00. The fourth-order valence-corrected chi connectivity index (χ4v) is 1.45. The van der Waals surface area contributed by atoms with Gasteiger partial charge in [-0.05, 0) is 18.2 Å². The van der Waals surface area contributed by atoms with E-state index in [9.17, 15) is 9.18 Å². The van der Waals surface area contributed by atoms with Crippen molar-refractivity contribution < 1.29 is 9.18 Å². The molecule has 0 saturated heterocycles. The third kappa shape index (κ3) is 1.46. The summed E-state index contributed by atoms with van der Waals surface area (Å²) < 4.78 is 13.3. The molecule has 1 heterocycles. The van der Waals surface area contributed by atoms with Crippen LogP contribution in [0.3, 0.4) is 0 Å². The second-order valence-corrected chi connectivity index (χ2v) is 3.25. The molecule has 0 unspecified atom stereocenters. The molecule has 2 aromatic rings. The summed E-state index contributed by atoms with van der Waals surface area (Å²) in [5.41, 5.74) is 0.373. The molecule has 2 rings (SSSR count). The van der Waals surface area contributed by atoms with Crippen LogP contribution in [-0.2, 0) is 0 Å². The average molecular weight is 210 g/mol. The van der Waals surface area contributed by atoms with E-state index in [0.29, 0.717) is 16.7 Å². The molecule has 0 aliphatic rings. The van der Waals surface area contributed by atoms with Gasteiger partial charge in [-0.15, -0.1) is 0 Å². The minimum atomic E-state index is -0.517. The summed E-state index contributed by atoms with van der Waals surface area (Å²) in [7, 11) is 0. The molecule has 0 aliphatic heterocycles. The Morgan fingerprint density at radius 2 is 2.14 bits per heavy atom. The molecule has 0 fully saturated rings. The molecule has 0 saturated carbocycles. The summed E-state index contributed by atoms with van der Waals surface area (Å²) in [6, 6.07) is 5.90. The van der Waals surface area contributed by atoms with Gasteiger partial charge in [-0.2, -0.15) is 0 Å². The third-order valence-corrected chi connectivity index (χ3v) is 2.07. The van der Waals surface area contributed by atoms with Crippen LogP contribution in [0.4, 0.5) is 4.39 Å². The highest BCUT2D eigenvalue weighted by Gasteiger charge is 2.04. The number of carbonyl (C=O) groups excluding carboxylic acids is 1. The van der Waals surface area contributed by atoms with Gasteiger partial charge in [0.15, 0.2) is 12.1 Å². The van der Waals surface area contributed by atoms with E-state index in [1.165, 1.54) is 12.1 Å². The number of aldehydes is 1. The summed E-state index contributed by atoms with van der Waals surface area (Å²) in [6.45, 7) is 0. The van der Waals surface area contributed by atoms with Gasteiger partial charge in [0.2, 0.25) is 0 Å². The maximum absolute atomic E-state index is 13.3. The highest BCUT2D eigenvalue weighted by Crippen LogP contribution is 2.21. The first kappa shape index (κ1) is 9.09. The second-order valence-electron chi connectivity index (χ2n) is 2.81. The number of halogens is 2. The zero-order valence-corrected chi connectivity index (χ0v) is 7.75. The van der Waals surface area contributed by atoms with E-state index in [2.05, 4.69) is 4.98 Å². The average Bonchev–Trinajstić information content (AvgIpc) is 2.17. The van der Waals surface area contributed by atoms with Crippen molar-refractivity contribution in [1.29, 1.82) is 0 Å². The van der Waals surface area contributed by atoms with E-state index in [1.54, 1.807) is 12.1 Å². The summed E-state index contributed by atoms with van der Waals surface area (Å²) >= 11 is 5.66. The number of fused-ring (bicyclic) bond motifs is 1. The maximum atomic E-state index is 13.3. The summed E-state index contributed by atoms with van der Waals surface area (Å²) in [5.74, 6) is -0.517. The van der Waals surface area contributed by atoms with Crippen molar-refractivity contribution in [3.8, 4) is 0 Å². The predicted octanol–water partition coefficient (Wildman–Crippen LogP) is 2.84. The minimum absolute atomic E-state index is 0.166. The molecular weight excluding hydrogens is 205 g/mol. The van der Waals surface area contributed by atoms with Crippen molar-refractivity contribution in [2.45, 2.75) is 0 Å². The SMILES string of the molecule is O=Cc1ccc2cc(Cl)cc(F)c2n1. The Kier molecular flexibility index (Phi) is 2.17. The smallest absolute Gasteiger partial charge is 0.168 e. The fourth-order valence-electron chi connectivity index (χ4n) is 1.24. The van der Waals surface area contributed by atoms with Crippen LogP contribution >= 0.6 is 11.6 Å². The summed E-state index contributed by atoms with van der Waals surface area (Å²) in [6.07, 6.45) is 0.577. The molecule has 0 aliphatic carbocycles. The molecule has 0 bridgehead atoms. The van der Waals surface area contributed by atoms with Gasteiger partial charge in [0.05, 0.1) is 0 Å².